The van der Waals surface area contributed by atoms with Gasteiger partial charge in [0, 0.05) is 20.0 Å². The Kier molecular flexibility index (Phi) is 2.07. The molecule has 3 heterocycles. The van der Waals surface area contributed by atoms with Crippen LogP contribution < -0.4 is 4.87 Å². The second-order valence-electron chi connectivity index (χ2n) is 3.82. The quantitative estimate of drug-likeness (QED) is 0.591. The number of hydrogen-bond acceptors (Lipinski definition) is 5. The summed E-state index contributed by atoms with van der Waals surface area (Å²) in [6.45, 7) is 1.03. The van der Waals surface area contributed by atoms with Gasteiger partial charge in [-0.1, -0.05) is 11.3 Å². The van der Waals surface area contributed by atoms with Crippen LogP contribution in [0.1, 0.15) is 16.6 Å². The molecule has 2 aliphatic rings. The van der Waals surface area contributed by atoms with Gasteiger partial charge in [-0.05, 0) is 0 Å². The Balaban J connectivity index is 2.16. The van der Waals surface area contributed by atoms with Crippen molar-refractivity contribution >= 4 is 30.3 Å². The Labute approximate surface area is 101 Å². The molecule has 1 saturated heterocycles. The highest BCUT2D eigenvalue weighted by molar-refractivity contribution is 7.75. The number of hydrogen-bond donors (Lipinski definition) is 1. The van der Waals surface area contributed by atoms with Crippen LogP contribution in [0.2, 0.25) is 0 Å². The van der Waals surface area contributed by atoms with Gasteiger partial charge < -0.3 is 9.47 Å². The average molecular weight is 259 g/mol. The van der Waals surface area contributed by atoms with Crippen molar-refractivity contribution in [2.45, 2.75) is 12.6 Å². The minimum atomic E-state index is -0.201. The van der Waals surface area contributed by atoms with Gasteiger partial charge >= 0.3 is 10.9 Å². The molecule has 86 valence electrons. The number of thiazole rings is 1. The first-order valence-corrected chi connectivity index (χ1v) is 5.90. The predicted octanol–water partition coefficient (Wildman–Crippen LogP) is 0.516. The summed E-state index contributed by atoms with van der Waals surface area (Å²) in [5.41, 5.74) is 0.896. The first-order chi connectivity index (χ1) is 7.63. The molecular weight excluding hydrogens is 250 g/mol. The number of rotatable bonds is 1. The maximum Gasteiger partial charge on any atom is 0.346 e. The Morgan fingerprint density at radius 3 is 2.94 bits per heavy atom. The molecule has 0 spiro atoms. The maximum absolute atomic E-state index is 11.8. The van der Waals surface area contributed by atoms with Gasteiger partial charge in [-0.3, -0.25) is 4.79 Å². The summed E-state index contributed by atoms with van der Waals surface area (Å²) < 4.78 is 6.37. The summed E-state index contributed by atoms with van der Waals surface area (Å²) in [7, 11) is 1.72. The van der Waals surface area contributed by atoms with Crippen molar-refractivity contribution in [3.05, 3.63) is 20.2 Å². The molecule has 0 unspecified atom stereocenters. The SMILES string of the molecule is Cn1c2c(sc1=O)[C@H]1CN(C2)C(=O)N1OS. The maximum atomic E-state index is 11.8. The molecule has 16 heavy (non-hydrogen) atoms. The summed E-state index contributed by atoms with van der Waals surface area (Å²) in [5.74, 6) is 0. The lowest BCUT2D eigenvalue weighted by molar-refractivity contribution is -0.00268. The van der Waals surface area contributed by atoms with Crippen LogP contribution in [0.3, 0.4) is 0 Å². The third-order valence-electron chi connectivity index (χ3n) is 3.03. The highest BCUT2D eigenvalue weighted by Gasteiger charge is 2.46. The van der Waals surface area contributed by atoms with E-state index in [-0.39, 0.29) is 16.9 Å². The number of amides is 2. The van der Waals surface area contributed by atoms with Crippen LogP contribution in [0.5, 0.6) is 0 Å². The molecule has 8 heteroatoms. The van der Waals surface area contributed by atoms with Gasteiger partial charge in [-0.25, -0.2) is 9.08 Å². The molecule has 0 N–H and O–H groups in total. The number of nitrogens with zero attached hydrogens (tertiary/aromatic N) is 3. The molecule has 0 radical (unpaired) electrons. The van der Waals surface area contributed by atoms with Crippen LogP contribution in [-0.2, 0) is 17.9 Å². The van der Waals surface area contributed by atoms with Gasteiger partial charge in [-0.2, -0.15) is 5.06 Å². The normalized spacial score (nSPS) is 22.9. The Morgan fingerprint density at radius 1 is 1.50 bits per heavy atom. The molecule has 2 bridgehead atoms. The lowest BCUT2D eigenvalue weighted by atomic mass is 10.1. The van der Waals surface area contributed by atoms with Crippen molar-refractivity contribution in [3.8, 4) is 0 Å². The lowest BCUT2D eigenvalue weighted by Crippen LogP contribution is -2.30. The van der Waals surface area contributed by atoms with Gasteiger partial charge in [0.05, 0.1) is 23.7 Å². The van der Waals surface area contributed by atoms with Gasteiger partial charge in [-0.15, -0.1) is 0 Å². The number of carbonyl (C=O) groups is 1. The van der Waals surface area contributed by atoms with Crippen molar-refractivity contribution in [2.24, 2.45) is 7.05 Å². The van der Waals surface area contributed by atoms with Crippen LogP contribution in [0.15, 0.2) is 4.79 Å². The van der Waals surface area contributed by atoms with E-state index in [1.165, 1.54) is 16.4 Å². The number of fused-ring (bicyclic) bond motifs is 4. The Bertz CT molecular complexity index is 523. The number of thiol groups is 1. The van der Waals surface area contributed by atoms with Crippen molar-refractivity contribution in [3.63, 3.8) is 0 Å². The molecule has 1 aromatic heterocycles. The molecule has 1 atom stereocenters. The second kappa shape index (κ2) is 3.25. The predicted molar refractivity (Wildman–Crippen MR) is 60.0 cm³/mol. The molecule has 3 rings (SSSR count). The van der Waals surface area contributed by atoms with E-state index in [1.807, 2.05) is 0 Å². The van der Waals surface area contributed by atoms with Crippen LogP contribution in [0.4, 0.5) is 4.79 Å². The Morgan fingerprint density at radius 2 is 2.25 bits per heavy atom. The third kappa shape index (κ3) is 1.12. The van der Waals surface area contributed by atoms with Gasteiger partial charge in [0.15, 0.2) is 0 Å². The summed E-state index contributed by atoms with van der Waals surface area (Å²) in [5, 5.41) is 1.21. The molecular formula is C8H9N3O3S2. The zero-order chi connectivity index (χ0) is 11.4. The Hall–Kier alpha value is -0.990. The van der Waals surface area contributed by atoms with E-state index in [2.05, 4.69) is 12.9 Å². The summed E-state index contributed by atoms with van der Waals surface area (Å²) in [6.07, 6.45) is 0. The van der Waals surface area contributed by atoms with Gasteiger partial charge in [0.1, 0.15) is 6.04 Å². The summed E-state index contributed by atoms with van der Waals surface area (Å²) in [6, 6.07) is -0.400. The lowest BCUT2D eigenvalue weighted by Gasteiger charge is -2.21. The first-order valence-electron chi connectivity index (χ1n) is 4.71. The van der Waals surface area contributed by atoms with E-state index >= 15 is 0 Å². The zero-order valence-electron chi connectivity index (χ0n) is 8.41. The highest BCUT2D eigenvalue weighted by Crippen LogP contribution is 2.39. The fraction of sp³-hybridized carbons (Fsp3) is 0.500. The topological polar surface area (TPSA) is 54.8 Å². The van der Waals surface area contributed by atoms with Gasteiger partial charge in [0.25, 0.3) is 0 Å². The smallest absolute Gasteiger partial charge is 0.314 e. The molecule has 1 aromatic rings. The number of urea groups is 1. The van der Waals surface area contributed by atoms with E-state index in [1.54, 1.807) is 16.5 Å². The van der Waals surface area contributed by atoms with Crippen LogP contribution >= 0.6 is 24.2 Å². The van der Waals surface area contributed by atoms with E-state index < -0.39 is 0 Å². The summed E-state index contributed by atoms with van der Waals surface area (Å²) >= 11 is 4.85. The fourth-order valence-corrected chi connectivity index (χ4v) is 3.41. The molecule has 0 aliphatic carbocycles. The number of aromatic nitrogens is 1. The van der Waals surface area contributed by atoms with Crippen molar-refractivity contribution < 1.29 is 9.08 Å². The number of carbonyl (C=O) groups excluding carboxylic acids is 1. The molecule has 6 nitrogen and oxygen atoms in total. The largest absolute Gasteiger partial charge is 0.346 e. The molecule has 0 saturated carbocycles. The van der Waals surface area contributed by atoms with E-state index in [9.17, 15) is 9.59 Å². The minimum Gasteiger partial charge on any atom is -0.314 e. The highest BCUT2D eigenvalue weighted by atomic mass is 32.1. The van der Waals surface area contributed by atoms with Crippen LogP contribution in [0, 0.1) is 0 Å². The molecule has 1 fully saturated rings. The van der Waals surface area contributed by atoms with Gasteiger partial charge in [0.2, 0.25) is 0 Å². The standard InChI is InChI=1S/C8H9N3O3S2/c1-9-4-2-10-3-5(6(4)16-8(9)13)11(14-15)7(10)12/h5,15H,2-3H2,1H3/t5-/m1/s1. The van der Waals surface area contributed by atoms with E-state index in [0.29, 0.717) is 13.1 Å². The third-order valence-corrected chi connectivity index (χ3v) is 4.38. The fourth-order valence-electron chi connectivity index (χ4n) is 2.17. The minimum absolute atomic E-state index is 0.00897. The molecule has 0 aromatic carbocycles. The van der Waals surface area contributed by atoms with Crippen molar-refractivity contribution in [1.29, 1.82) is 0 Å². The molecule has 2 aliphatic heterocycles. The molecule has 2 amide bonds. The van der Waals surface area contributed by atoms with Crippen molar-refractivity contribution in [1.82, 2.24) is 14.5 Å². The summed E-state index contributed by atoms with van der Waals surface area (Å²) in [4.78, 5) is 25.9. The van der Waals surface area contributed by atoms with E-state index in [4.69, 9.17) is 4.28 Å². The monoisotopic (exact) mass is 259 g/mol. The van der Waals surface area contributed by atoms with E-state index in [0.717, 1.165) is 10.6 Å². The average Bonchev–Trinajstić information content (AvgIpc) is 2.70. The second-order valence-corrected chi connectivity index (χ2v) is 4.98. The zero-order valence-corrected chi connectivity index (χ0v) is 10.1. The van der Waals surface area contributed by atoms with Crippen molar-refractivity contribution in [2.75, 3.05) is 6.54 Å². The first kappa shape index (κ1) is 10.2. The van der Waals surface area contributed by atoms with Crippen LogP contribution in [-0.4, -0.2) is 27.1 Å². The van der Waals surface area contributed by atoms with Crippen LogP contribution in [0.25, 0.3) is 0 Å². The number of hydroxylamine groups is 2.